The van der Waals surface area contributed by atoms with Gasteiger partial charge in [-0.25, -0.2) is 19.3 Å². The van der Waals surface area contributed by atoms with Crippen LogP contribution in [0.15, 0.2) is 48.8 Å². The molecule has 4 aromatic rings. The number of fused-ring (bicyclic) bond motifs is 1. The number of benzene rings is 2. The Morgan fingerprint density at radius 2 is 1.94 bits per heavy atom. The van der Waals surface area contributed by atoms with E-state index in [4.69, 9.17) is 16.3 Å². The fourth-order valence-electron chi connectivity index (χ4n) is 3.10. The highest BCUT2D eigenvalue weighted by Gasteiger charge is 2.38. The standard InChI is InChI=1S/C21H14ClF4N5O2/c1-2-33-12-4-6-16-15(8-12)29-20(21(24,25)26)31(16)18-10-27-17(9-28-18)30-19(32)13-5-3-11(22)7-14(13)23/h3-10H,2H2,1H3,(H,27,30,32). The lowest BCUT2D eigenvalue weighted by molar-refractivity contribution is -0.145. The van der Waals surface area contributed by atoms with Crippen LogP contribution in [0.1, 0.15) is 23.1 Å². The fraction of sp³-hybridized carbons (Fsp3) is 0.143. The van der Waals surface area contributed by atoms with Gasteiger partial charge >= 0.3 is 6.18 Å². The first-order valence-corrected chi connectivity index (χ1v) is 9.86. The Hall–Kier alpha value is -3.73. The zero-order valence-electron chi connectivity index (χ0n) is 16.8. The summed E-state index contributed by atoms with van der Waals surface area (Å²) >= 11 is 5.67. The van der Waals surface area contributed by atoms with Crippen LogP contribution in [0.25, 0.3) is 16.9 Å². The van der Waals surface area contributed by atoms with Gasteiger partial charge in [0, 0.05) is 11.1 Å². The number of hydrogen-bond donors (Lipinski definition) is 1. The smallest absolute Gasteiger partial charge is 0.450 e. The van der Waals surface area contributed by atoms with Crippen molar-refractivity contribution in [3.8, 4) is 11.6 Å². The quantitative estimate of drug-likeness (QED) is 0.394. The molecule has 0 fully saturated rings. The molecule has 0 unspecified atom stereocenters. The van der Waals surface area contributed by atoms with Crippen LogP contribution in [0, 0.1) is 5.82 Å². The van der Waals surface area contributed by atoms with Gasteiger partial charge in [-0.15, -0.1) is 0 Å². The summed E-state index contributed by atoms with van der Waals surface area (Å²) in [5.74, 6) is -2.74. The Balaban J connectivity index is 1.68. The summed E-state index contributed by atoms with van der Waals surface area (Å²) < 4.78 is 61.0. The third-order valence-corrected chi connectivity index (χ3v) is 4.71. The molecule has 0 radical (unpaired) electrons. The van der Waals surface area contributed by atoms with E-state index < -0.39 is 23.7 Å². The lowest BCUT2D eigenvalue weighted by atomic mass is 10.2. The molecule has 1 N–H and O–H groups in total. The summed E-state index contributed by atoms with van der Waals surface area (Å²) in [5.41, 5.74) is -0.0823. The van der Waals surface area contributed by atoms with Crippen molar-refractivity contribution in [3.05, 3.63) is 71.0 Å². The van der Waals surface area contributed by atoms with E-state index in [-0.39, 0.29) is 33.3 Å². The first-order valence-electron chi connectivity index (χ1n) is 9.48. The molecule has 0 aliphatic rings. The highest BCUT2D eigenvalue weighted by molar-refractivity contribution is 6.30. The van der Waals surface area contributed by atoms with Crippen LogP contribution in [0.3, 0.4) is 0 Å². The first kappa shape index (κ1) is 22.5. The molecule has 12 heteroatoms. The predicted molar refractivity (Wildman–Crippen MR) is 112 cm³/mol. The zero-order valence-corrected chi connectivity index (χ0v) is 17.6. The normalized spacial score (nSPS) is 11.6. The minimum Gasteiger partial charge on any atom is -0.494 e. The van der Waals surface area contributed by atoms with Crippen molar-refractivity contribution in [3.63, 3.8) is 0 Å². The number of halogens is 5. The molecular formula is C21H14ClF4N5O2. The van der Waals surface area contributed by atoms with Crippen molar-refractivity contribution in [2.45, 2.75) is 13.1 Å². The molecule has 0 aliphatic carbocycles. The van der Waals surface area contributed by atoms with E-state index in [1.54, 1.807) is 6.92 Å². The molecule has 33 heavy (non-hydrogen) atoms. The van der Waals surface area contributed by atoms with Crippen molar-refractivity contribution >= 4 is 34.4 Å². The van der Waals surface area contributed by atoms with E-state index in [1.165, 1.54) is 30.3 Å². The highest BCUT2D eigenvalue weighted by atomic mass is 35.5. The minimum absolute atomic E-state index is 0.0608. The maximum absolute atomic E-state index is 13.9. The maximum Gasteiger partial charge on any atom is 0.450 e. The number of imidazole rings is 1. The molecule has 0 spiro atoms. The highest BCUT2D eigenvalue weighted by Crippen LogP contribution is 2.34. The van der Waals surface area contributed by atoms with Crippen molar-refractivity contribution in [1.82, 2.24) is 19.5 Å². The summed E-state index contributed by atoms with van der Waals surface area (Å²) in [6, 6.07) is 7.86. The third-order valence-electron chi connectivity index (χ3n) is 4.48. The van der Waals surface area contributed by atoms with Crippen LogP contribution in [0.2, 0.25) is 5.02 Å². The molecule has 4 rings (SSSR count). The topological polar surface area (TPSA) is 81.9 Å². The van der Waals surface area contributed by atoms with E-state index in [0.717, 1.165) is 23.0 Å². The van der Waals surface area contributed by atoms with Crippen LogP contribution in [0.4, 0.5) is 23.4 Å². The maximum atomic E-state index is 13.9. The molecule has 0 bridgehead atoms. The number of carbonyl (C=O) groups is 1. The Morgan fingerprint density at radius 3 is 2.58 bits per heavy atom. The van der Waals surface area contributed by atoms with Gasteiger partial charge in [-0.1, -0.05) is 11.6 Å². The van der Waals surface area contributed by atoms with E-state index in [2.05, 4.69) is 20.3 Å². The molecular weight excluding hydrogens is 466 g/mol. The van der Waals surface area contributed by atoms with Crippen molar-refractivity contribution in [2.24, 2.45) is 0 Å². The van der Waals surface area contributed by atoms with Gasteiger partial charge < -0.3 is 10.1 Å². The second kappa shape index (κ2) is 8.66. The molecule has 2 aromatic carbocycles. The molecule has 0 saturated heterocycles. The monoisotopic (exact) mass is 479 g/mol. The average Bonchev–Trinajstić information content (AvgIpc) is 3.14. The molecule has 0 atom stereocenters. The van der Waals surface area contributed by atoms with Crippen LogP contribution in [-0.4, -0.2) is 32.0 Å². The van der Waals surface area contributed by atoms with Crippen molar-refractivity contribution in [2.75, 3.05) is 11.9 Å². The van der Waals surface area contributed by atoms with Crippen molar-refractivity contribution < 1.29 is 27.1 Å². The van der Waals surface area contributed by atoms with Gasteiger partial charge in [0.15, 0.2) is 11.6 Å². The van der Waals surface area contributed by atoms with E-state index in [1.807, 2.05) is 0 Å². The Labute approximate surface area is 189 Å². The zero-order chi connectivity index (χ0) is 23.8. The molecule has 170 valence electrons. The van der Waals surface area contributed by atoms with E-state index in [9.17, 15) is 22.4 Å². The third kappa shape index (κ3) is 4.58. The first-order chi connectivity index (χ1) is 15.7. The number of nitrogens with one attached hydrogen (secondary N) is 1. The number of aromatic nitrogens is 4. The second-order valence-corrected chi connectivity index (χ2v) is 7.13. The van der Waals surface area contributed by atoms with Gasteiger partial charge in [-0.3, -0.25) is 9.36 Å². The average molecular weight is 480 g/mol. The molecule has 2 aromatic heterocycles. The van der Waals surface area contributed by atoms with Gasteiger partial charge in [0.25, 0.3) is 5.91 Å². The van der Waals surface area contributed by atoms with Crippen LogP contribution in [-0.2, 0) is 6.18 Å². The number of carbonyl (C=O) groups excluding carboxylic acids is 1. The lowest BCUT2D eigenvalue weighted by Crippen LogP contribution is -2.16. The Morgan fingerprint density at radius 1 is 1.15 bits per heavy atom. The van der Waals surface area contributed by atoms with Gasteiger partial charge in [-0.2, -0.15) is 13.2 Å². The summed E-state index contributed by atoms with van der Waals surface area (Å²) in [5, 5.41) is 2.46. The van der Waals surface area contributed by atoms with Gasteiger partial charge in [0.1, 0.15) is 11.6 Å². The van der Waals surface area contributed by atoms with Crippen LogP contribution in [0.5, 0.6) is 5.75 Å². The number of alkyl halides is 3. The molecule has 7 nitrogen and oxygen atoms in total. The second-order valence-electron chi connectivity index (χ2n) is 6.69. The minimum atomic E-state index is -4.77. The van der Waals surface area contributed by atoms with Crippen LogP contribution < -0.4 is 10.1 Å². The predicted octanol–water partition coefficient (Wildman–Crippen LogP) is 5.28. The Bertz CT molecular complexity index is 1340. The van der Waals surface area contributed by atoms with Gasteiger partial charge in [0.05, 0.1) is 35.6 Å². The number of amides is 1. The summed E-state index contributed by atoms with van der Waals surface area (Å²) in [6.07, 6.45) is -2.67. The number of nitrogens with zero attached hydrogens (tertiary/aromatic N) is 4. The molecule has 1 amide bonds. The van der Waals surface area contributed by atoms with Gasteiger partial charge in [-0.05, 0) is 37.3 Å². The molecule has 0 saturated carbocycles. The summed E-state index contributed by atoms with van der Waals surface area (Å²) in [4.78, 5) is 23.9. The van der Waals surface area contributed by atoms with E-state index in [0.29, 0.717) is 12.4 Å². The fourth-order valence-corrected chi connectivity index (χ4v) is 3.26. The largest absolute Gasteiger partial charge is 0.494 e. The number of anilines is 1. The van der Waals surface area contributed by atoms with E-state index >= 15 is 0 Å². The van der Waals surface area contributed by atoms with Gasteiger partial charge in [0.2, 0.25) is 5.82 Å². The molecule has 0 aliphatic heterocycles. The summed E-state index contributed by atoms with van der Waals surface area (Å²) in [7, 11) is 0. The number of rotatable bonds is 5. The SMILES string of the molecule is CCOc1ccc2c(c1)nc(C(F)(F)F)n2-c1cnc(NC(=O)c2ccc(Cl)cc2F)cn1. The lowest BCUT2D eigenvalue weighted by Gasteiger charge is -2.11. The summed E-state index contributed by atoms with van der Waals surface area (Å²) in [6.45, 7) is 2.10. The number of hydrogen-bond acceptors (Lipinski definition) is 5. The number of ether oxygens (including phenoxy) is 1. The van der Waals surface area contributed by atoms with Crippen LogP contribution >= 0.6 is 11.6 Å². The Kier molecular flexibility index (Phi) is 5.90. The van der Waals surface area contributed by atoms with Crippen molar-refractivity contribution in [1.29, 1.82) is 0 Å². The molecule has 2 heterocycles.